The van der Waals surface area contributed by atoms with Gasteiger partial charge in [-0.25, -0.2) is 19.2 Å². The molecule has 48 heavy (non-hydrogen) atoms. The smallest absolute Gasteiger partial charge is 0.407 e. The second kappa shape index (κ2) is 13.8. The molecule has 2 fully saturated rings. The van der Waals surface area contributed by atoms with Crippen LogP contribution in [-0.2, 0) is 10.0 Å². The summed E-state index contributed by atoms with van der Waals surface area (Å²) in [4.78, 5) is 34.2. The zero-order valence-electron chi connectivity index (χ0n) is 26.0. The van der Waals surface area contributed by atoms with E-state index in [4.69, 9.17) is 21.1 Å². The summed E-state index contributed by atoms with van der Waals surface area (Å²) < 4.78 is 78.3. The first-order valence-electron chi connectivity index (χ1n) is 15.2. The summed E-state index contributed by atoms with van der Waals surface area (Å²) in [7, 11) is -4.45. The maximum atomic E-state index is 13.0. The number of carbonyl (C=O) groups is 2. The van der Waals surface area contributed by atoms with Crippen LogP contribution in [0.2, 0.25) is 5.15 Å². The quantitative estimate of drug-likeness (QED) is 0.171. The Morgan fingerprint density at radius 2 is 1.83 bits per heavy atom. The second-order valence-corrected chi connectivity index (χ2v) is 14.3. The van der Waals surface area contributed by atoms with Crippen molar-refractivity contribution in [1.82, 2.24) is 29.4 Å². The topological polar surface area (TPSA) is 166 Å². The zero-order chi connectivity index (χ0) is 34.9. The lowest BCUT2D eigenvalue weighted by Gasteiger charge is -2.33. The number of pyridine rings is 2. The van der Waals surface area contributed by atoms with Gasteiger partial charge in [0.05, 0.1) is 24.7 Å². The van der Waals surface area contributed by atoms with E-state index in [1.807, 2.05) is 18.6 Å². The van der Waals surface area contributed by atoms with E-state index in [9.17, 15) is 36.3 Å². The second-order valence-electron chi connectivity index (χ2n) is 12.3. The maximum absolute atomic E-state index is 13.0. The number of rotatable bonds is 13. The number of carbonyl (C=O) groups excluding carboxylic acids is 1. The molecular weight excluding hydrogens is 681 g/mol. The van der Waals surface area contributed by atoms with Gasteiger partial charge in [0, 0.05) is 29.9 Å². The molecule has 3 atom stereocenters. The molecule has 5 rings (SSSR count). The number of hydrogen-bond acceptors (Lipinski definition) is 9. The average Bonchev–Trinajstić information content (AvgIpc) is 3.53. The van der Waals surface area contributed by atoms with Gasteiger partial charge in [0.25, 0.3) is 15.9 Å². The van der Waals surface area contributed by atoms with E-state index in [1.54, 1.807) is 0 Å². The molecule has 3 aromatic rings. The average molecular weight is 715 g/mol. The first kappa shape index (κ1) is 35.2. The normalized spacial score (nSPS) is 20.4. The van der Waals surface area contributed by atoms with Crippen molar-refractivity contribution in [1.29, 1.82) is 0 Å². The SMILES string of the molecule is CC1(C)CCC(CCCOc2cccc(S(=O)(=O)NC(=O)c3ccc(-n4ccc(OCCC5CC5C(F)(F)F)n4)nc3Cl)n2)N1C(=O)O. The van der Waals surface area contributed by atoms with Gasteiger partial charge in [-0.3, -0.25) is 4.79 Å². The predicted octanol–water partition coefficient (Wildman–Crippen LogP) is 5.48. The molecule has 3 aromatic heterocycles. The summed E-state index contributed by atoms with van der Waals surface area (Å²) in [5.74, 6) is -2.45. The van der Waals surface area contributed by atoms with Crippen LogP contribution in [0.15, 0.2) is 47.6 Å². The van der Waals surface area contributed by atoms with E-state index in [1.165, 1.54) is 52.2 Å². The number of nitrogens with one attached hydrogen (secondary N) is 1. The standard InChI is InChI=1S/C30H34ClF3N6O7S/c1-29(2)13-10-19(40(29)28(42)43)5-4-15-46-23-6-3-7-25(36-23)48(44,45)38-27(41)20-8-9-22(35-26(20)31)39-14-11-24(37-39)47-16-12-18-17-21(18)30(32,33)34/h3,6-9,11,14,18-19,21H,4-5,10,12-13,15-17H2,1-2H3,(H,38,41)(H,42,43). The lowest BCUT2D eigenvalue weighted by Crippen LogP contribution is -2.46. The van der Waals surface area contributed by atoms with Crippen LogP contribution in [-0.4, -0.2) is 81.1 Å². The predicted molar refractivity (Wildman–Crippen MR) is 165 cm³/mol. The van der Waals surface area contributed by atoms with Gasteiger partial charge in [-0.2, -0.15) is 26.6 Å². The van der Waals surface area contributed by atoms with E-state index in [0.29, 0.717) is 12.8 Å². The lowest BCUT2D eigenvalue weighted by atomic mass is 10.0. The monoisotopic (exact) mass is 714 g/mol. The molecule has 1 aliphatic carbocycles. The van der Waals surface area contributed by atoms with Crippen molar-refractivity contribution in [3.05, 3.63) is 53.3 Å². The molecule has 0 radical (unpaired) electrons. The Balaban J connectivity index is 1.13. The Bertz CT molecular complexity index is 1770. The number of carboxylic acid groups (broad SMARTS) is 1. The fraction of sp³-hybridized carbons (Fsp3) is 0.500. The molecule has 18 heteroatoms. The maximum Gasteiger partial charge on any atom is 0.407 e. The number of ether oxygens (including phenoxy) is 2. The lowest BCUT2D eigenvalue weighted by molar-refractivity contribution is -0.151. The Labute approximate surface area is 279 Å². The summed E-state index contributed by atoms with van der Waals surface area (Å²) in [5, 5.41) is 13.0. The van der Waals surface area contributed by atoms with Gasteiger partial charge in [0.15, 0.2) is 10.8 Å². The highest BCUT2D eigenvalue weighted by atomic mass is 35.5. The van der Waals surface area contributed by atoms with Crippen LogP contribution in [0.25, 0.3) is 5.82 Å². The minimum absolute atomic E-state index is 0.0110. The number of alkyl halides is 3. The van der Waals surface area contributed by atoms with Crippen LogP contribution >= 0.6 is 11.6 Å². The number of halogens is 4. The molecule has 13 nitrogen and oxygen atoms in total. The Morgan fingerprint density at radius 1 is 1.08 bits per heavy atom. The van der Waals surface area contributed by atoms with Crippen molar-refractivity contribution in [3.63, 3.8) is 0 Å². The van der Waals surface area contributed by atoms with Crippen molar-refractivity contribution < 1.29 is 45.8 Å². The first-order chi connectivity index (χ1) is 22.5. The fourth-order valence-electron chi connectivity index (χ4n) is 5.82. The van der Waals surface area contributed by atoms with Crippen molar-refractivity contribution in [2.24, 2.45) is 11.8 Å². The van der Waals surface area contributed by atoms with Crippen molar-refractivity contribution in [2.75, 3.05) is 13.2 Å². The summed E-state index contributed by atoms with van der Waals surface area (Å²) >= 11 is 6.21. The Morgan fingerprint density at radius 3 is 2.52 bits per heavy atom. The molecule has 1 saturated heterocycles. The number of sulfonamides is 1. The molecule has 0 aromatic carbocycles. The number of amides is 2. The van der Waals surface area contributed by atoms with Gasteiger partial charge >= 0.3 is 12.3 Å². The van der Waals surface area contributed by atoms with Crippen molar-refractivity contribution >= 4 is 33.6 Å². The summed E-state index contributed by atoms with van der Waals surface area (Å²) in [5.41, 5.74) is -0.684. The van der Waals surface area contributed by atoms with Crippen LogP contribution in [0.4, 0.5) is 18.0 Å². The largest absolute Gasteiger partial charge is 0.478 e. The summed E-state index contributed by atoms with van der Waals surface area (Å²) in [6.45, 7) is 4.02. The number of nitrogens with zero attached hydrogens (tertiary/aromatic N) is 5. The molecule has 0 bridgehead atoms. The molecule has 2 N–H and O–H groups in total. The number of likely N-dealkylation sites (tertiary alicyclic amines) is 1. The van der Waals surface area contributed by atoms with Crippen LogP contribution in [0.5, 0.6) is 11.8 Å². The van der Waals surface area contributed by atoms with Gasteiger partial charge in [-0.05, 0) is 76.5 Å². The molecule has 4 heterocycles. The van der Waals surface area contributed by atoms with Crippen LogP contribution < -0.4 is 14.2 Å². The summed E-state index contributed by atoms with van der Waals surface area (Å²) in [6, 6.07) is 8.04. The molecule has 1 aliphatic heterocycles. The molecule has 1 saturated carbocycles. The number of aromatic nitrogens is 4. The first-order valence-corrected chi connectivity index (χ1v) is 17.0. The van der Waals surface area contributed by atoms with Crippen LogP contribution in [0.1, 0.15) is 62.7 Å². The van der Waals surface area contributed by atoms with E-state index in [2.05, 4.69) is 15.1 Å². The van der Waals surface area contributed by atoms with Gasteiger partial charge in [-0.15, -0.1) is 5.10 Å². The molecule has 2 aliphatic rings. The Kier molecular flexibility index (Phi) is 10.1. The molecule has 2 amide bonds. The third kappa shape index (κ3) is 8.29. The van der Waals surface area contributed by atoms with Crippen LogP contribution in [0.3, 0.4) is 0 Å². The molecule has 260 valence electrons. The molecule has 3 unspecified atom stereocenters. The van der Waals surface area contributed by atoms with Gasteiger partial charge < -0.3 is 19.5 Å². The van der Waals surface area contributed by atoms with Crippen molar-refractivity contribution in [3.8, 4) is 17.6 Å². The fourth-order valence-corrected chi connectivity index (χ4v) is 6.98. The van der Waals surface area contributed by atoms with E-state index >= 15 is 0 Å². The Hall–Kier alpha value is -4.12. The minimum atomic E-state index is -4.45. The highest BCUT2D eigenvalue weighted by molar-refractivity contribution is 7.90. The highest BCUT2D eigenvalue weighted by Gasteiger charge is 2.55. The van der Waals surface area contributed by atoms with Gasteiger partial charge in [-0.1, -0.05) is 17.7 Å². The molecular formula is C30H34ClF3N6O7S. The van der Waals surface area contributed by atoms with Gasteiger partial charge in [0.2, 0.25) is 11.8 Å². The van der Waals surface area contributed by atoms with E-state index in [-0.39, 0.29) is 60.4 Å². The van der Waals surface area contributed by atoms with E-state index < -0.39 is 50.6 Å². The zero-order valence-corrected chi connectivity index (χ0v) is 27.6. The highest BCUT2D eigenvalue weighted by Crippen LogP contribution is 2.51. The van der Waals surface area contributed by atoms with E-state index in [0.717, 1.165) is 12.8 Å². The summed E-state index contributed by atoms with van der Waals surface area (Å²) in [6.07, 6.45) is -0.749. The van der Waals surface area contributed by atoms with Crippen LogP contribution in [0, 0.1) is 11.8 Å². The minimum Gasteiger partial charge on any atom is -0.478 e. The van der Waals surface area contributed by atoms with Crippen molar-refractivity contribution in [2.45, 2.75) is 75.2 Å². The third-order valence-electron chi connectivity index (χ3n) is 8.40. The number of hydrogen-bond donors (Lipinski definition) is 2. The third-order valence-corrected chi connectivity index (χ3v) is 9.92. The van der Waals surface area contributed by atoms with Gasteiger partial charge in [0.1, 0.15) is 5.15 Å². The molecule has 0 spiro atoms.